The van der Waals surface area contributed by atoms with Crippen molar-refractivity contribution in [2.45, 2.75) is 27.7 Å². The second-order valence-electron chi connectivity index (χ2n) is 2.86. The molecule has 0 saturated heterocycles. The summed E-state index contributed by atoms with van der Waals surface area (Å²) in [6.07, 6.45) is 1.77. The molecule has 0 aromatic carbocycles. The third-order valence-corrected chi connectivity index (χ3v) is 1.59. The summed E-state index contributed by atoms with van der Waals surface area (Å²) >= 11 is 0. The molecule has 82 valence electrons. The van der Waals surface area contributed by atoms with Crippen LogP contribution in [0.3, 0.4) is 0 Å². The van der Waals surface area contributed by atoms with Gasteiger partial charge in [0.25, 0.3) is 0 Å². The van der Waals surface area contributed by atoms with Crippen LogP contribution in [0.25, 0.3) is 0 Å². The van der Waals surface area contributed by atoms with Crippen LogP contribution in [0.15, 0.2) is 28.9 Å². The second-order valence-corrected chi connectivity index (χ2v) is 2.86. The summed E-state index contributed by atoms with van der Waals surface area (Å²) < 4.78 is 5.01. The highest BCUT2D eigenvalue weighted by atomic mass is 16.5. The summed E-state index contributed by atoms with van der Waals surface area (Å²) in [5.74, 6) is 0.366. The topological polar surface area (TPSA) is 21.6 Å². The first-order valence-electron chi connectivity index (χ1n) is 4.98. The summed E-state index contributed by atoms with van der Waals surface area (Å²) in [7, 11) is 1.66. The molecule has 0 N–H and O–H groups in total. The highest BCUT2D eigenvalue weighted by molar-refractivity contribution is 5.34. The number of aliphatic imine (C=N–C) groups is 1. The molecular weight excluding hydrogens is 174 g/mol. The predicted molar refractivity (Wildman–Crippen MR) is 64.8 cm³/mol. The summed E-state index contributed by atoms with van der Waals surface area (Å²) in [6.45, 7) is 15.9. The standard InChI is InChI=1S/C10H17NO.C2H6/c1-6-9(7-12-5)10(11-4)8(2)3;1-2/h6,8H,1,4,7H2,2-3,5H3;1-2H3/b10-9+;. The Morgan fingerprint density at radius 3 is 2.14 bits per heavy atom. The quantitative estimate of drug-likeness (QED) is 0.488. The molecule has 0 aliphatic rings. The zero-order valence-electron chi connectivity index (χ0n) is 10.1. The predicted octanol–water partition coefficient (Wildman–Crippen LogP) is 3.46. The van der Waals surface area contributed by atoms with Crippen LogP contribution in [0.2, 0.25) is 0 Å². The van der Waals surface area contributed by atoms with Gasteiger partial charge in [0.2, 0.25) is 0 Å². The van der Waals surface area contributed by atoms with Crippen molar-refractivity contribution in [2.24, 2.45) is 10.9 Å². The SMILES string of the molecule is C=C/C(COC)=C(\N=C)C(C)C.CC. The summed E-state index contributed by atoms with van der Waals surface area (Å²) in [4.78, 5) is 3.96. The maximum Gasteiger partial charge on any atom is 0.0730 e. The summed E-state index contributed by atoms with van der Waals surface area (Å²) in [5.41, 5.74) is 1.98. The molecule has 0 aliphatic heterocycles. The first-order chi connectivity index (χ1) is 6.67. The van der Waals surface area contributed by atoms with E-state index in [4.69, 9.17) is 4.74 Å². The molecular formula is C12H23NO. The van der Waals surface area contributed by atoms with E-state index in [1.165, 1.54) is 0 Å². The van der Waals surface area contributed by atoms with Crippen LogP contribution in [0.5, 0.6) is 0 Å². The van der Waals surface area contributed by atoms with Crippen molar-refractivity contribution >= 4 is 6.72 Å². The fourth-order valence-corrected chi connectivity index (χ4v) is 1.05. The Bertz CT molecular complexity index is 192. The van der Waals surface area contributed by atoms with E-state index in [9.17, 15) is 0 Å². The lowest BCUT2D eigenvalue weighted by molar-refractivity contribution is 0.227. The Morgan fingerprint density at radius 2 is 1.93 bits per heavy atom. The molecule has 2 nitrogen and oxygen atoms in total. The van der Waals surface area contributed by atoms with Gasteiger partial charge < -0.3 is 4.74 Å². The lowest BCUT2D eigenvalue weighted by Crippen LogP contribution is -2.00. The van der Waals surface area contributed by atoms with E-state index in [1.807, 2.05) is 13.8 Å². The monoisotopic (exact) mass is 197 g/mol. The Kier molecular flexibility index (Phi) is 11.3. The minimum atomic E-state index is 0.366. The van der Waals surface area contributed by atoms with Crippen molar-refractivity contribution in [3.8, 4) is 0 Å². The molecule has 0 unspecified atom stereocenters. The van der Waals surface area contributed by atoms with Gasteiger partial charge in [-0.3, -0.25) is 4.99 Å². The number of rotatable bonds is 5. The fourth-order valence-electron chi connectivity index (χ4n) is 1.05. The van der Waals surface area contributed by atoms with Crippen molar-refractivity contribution in [1.82, 2.24) is 0 Å². The van der Waals surface area contributed by atoms with Gasteiger partial charge in [0.05, 0.1) is 6.61 Å². The molecule has 0 bridgehead atoms. The van der Waals surface area contributed by atoms with E-state index in [1.54, 1.807) is 13.2 Å². The number of methoxy groups -OCH3 is 1. The van der Waals surface area contributed by atoms with Crippen molar-refractivity contribution in [2.75, 3.05) is 13.7 Å². The number of hydrogen-bond acceptors (Lipinski definition) is 2. The minimum Gasteiger partial charge on any atom is -0.380 e. The number of ether oxygens (including phenoxy) is 1. The van der Waals surface area contributed by atoms with Crippen molar-refractivity contribution in [1.29, 1.82) is 0 Å². The number of hydrogen-bond donors (Lipinski definition) is 0. The largest absolute Gasteiger partial charge is 0.380 e. The lowest BCUT2D eigenvalue weighted by Gasteiger charge is -2.10. The van der Waals surface area contributed by atoms with Gasteiger partial charge in [0.1, 0.15) is 0 Å². The van der Waals surface area contributed by atoms with Crippen LogP contribution in [-0.4, -0.2) is 20.4 Å². The van der Waals surface area contributed by atoms with Crippen LogP contribution in [-0.2, 0) is 4.74 Å². The Morgan fingerprint density at radius 1 is 1.43 bits per heavy atom. The van der Waals surface area contributed by atoms with Crippen molar-refractivity contribution in [3.05, 3.63) is 23.9 Å². The average Bonchev–Trinajstić information content (AvgIpc) is 2.20. The van der Waals surface area contributed by atoms with Crippen LogP contribution in [0.4, 0.5) is 0 Å². The average molecular weight is 197 g/mol. The fraction of sp³-hybridized carbons (Fsp3) is 0.583. The van der Waals surface area contributed by atoms with Crippen LogP contribution >= 0.6 is 0 Å². The minimum absolute atomic E-state index is 0.366. The normalized spacial score (nSPS) is 11.3. The lowest BCUT2D eigenvalue weighted by atomic mass is 10.1. The van der Waals surface area contributed by atoms with Gasteiger partial charge in [0, 0.05) is 12.8 Å². The van der Waals surface area contributed by atoms with Crippen LogP contribution in [0, 0.1) is 5.92 Å². The highest BCUT2D eigenvalue weighted by Gasteiger charge is 2.05. The number of allylic oxidation sites excluding steroid dienone is 1. The van der Waals surface area contributed by atoms with Crippen molar-refractivity contribution < 1.29 is 4.74 Å². The van der Waals surface area contributed by atoms with E-state index in [0.717, 1.165) is 11.3 Å². The molecule has 0 saturated carbocycles. The van der Waals surface area contributed by atoms with E-state index in [0.29, 0.717) is 12.5 Å². The summed E-state index contributed by atoms with van der Waals surface area (Å²) in [6, 6.07) is 0. The van der Waals surface area contributed by atoms with Crippen LogP contribution < -0.4 is 0 Å². The Balaban J connectivity index is 0. The molecule has 0 heterocycles. The van der Waals surface area contributed by atoms with Gasteiger partial charge in [-0.1, -0.05) is 40.3 Å². The molecule has 14 heavy (non-hydrogen) atoms. The smallest absolute Gasteiger partial charge is 0.0730 e. The van der Waals surface area contributed by atoms with E-state index in [2.05, 4.69) is 32.1 Å². The van der Waals surface area contributed by atoms with Crippen molar-refractivity contribution in [3.63, 3.8) is 0 Å². The Labute approximate surface area is 88.4 Å². The maximum absolute atomic E-state index is 5.01. The molecule has 0 fully saturated rings. The molecule has 0 atom stereocenters. The van der Waals surface area contributed by atoms with E-state index in [-0.39, 0.29) is 0 Å². The number of nitrogens with zero attached hydrogens (tertiary/aromatic N) is 1. The zero-order chi connectivity index (χ0) is 11.6. The molecule has 2 heteroatoms. The molecule has 0 rings (SSSR count). The first-order valence-corrected chi connectivity index (χ1v) is 4.98. The third-order valence-electron chi connectivity index (χ3n) is 1.59. The summed E-state index contributed by atoms with van der Waals surface area (Å²) in [5, 5.41) is 0. The molecule has 0 aromatic rings. The second kappa shape index (κ2) is 10.2. The molecule has 0 aromatic heterocycles. The molecule has 0 aliphatic carbocycles. The van der Waals surface area contributed by atoms with Gasteiger partial charge >= 0.3 is 0 Å². The van der Waals surface area contributed by atoms with Gasteiger partial charge in [-0.05, 0) is 18.2 Å². The first kappa shape index (κ1) is 15.6. The van der Waals surface area contributed by atoms with E-state index >= 15 is 0 Å². The van der Waals surface area contributed by atoms with Crippen LogP contribution in [0.1, 0.15) is 27.7 Å². The van der Waals surface area contributed by atoms with E-state index < -0.39 is 0 Å². The van der Waals surface area contributed by atoms with Gasteiger partial charge in [-0.15, -0.1) is 0 Å². The molecule has 0 amide bonds. The van der Waals surface area contributed by atoms with Gasteiger partial charge in [-0.25, -0.2) is 0 Å². The molecule has 0 spiro atoms. The van der Waals surface area contributed by atoms with Gasteiger partial charge in [-0.2, -0.15) is 0 Å². The zero-order valence-corrected chi connectivity index (χ0v) is 10.1. The highest BCUT2D eigenvalue weighted by Crippen LogP contribution is 2.16. The Hall–Kier alpha value is -0.890. The van der Waals surface area contributed by atoms with Gasteiger partial charge in [0.15, 0.2) is 0 Å². The third kappa shape index (κ3) is 5.70. The molecule has 0 radical (unpaired) electrons. The maximum atomic E-state index is 5.01.